The highest BCUT2D eigenvalue weighted by Crippen LogP contribution is 2.46. The molecule has 3 rings (SSSR count). The van der Waals surface area contributed by atoms with Crippen molar-refractivity contribution >= 4 is 11.8 Å². The summed E-state index contributed by atoms with van der Waals surface area (Å²) in [6.45, 7) is 4.77. The van der Waals surface area contributed by atoms with E-state index >= 15 is 0 Å². The molecule has 0 saturated heterocycles. The Hall–Kier alpha value is -1.06. The fraction of sp³-hybridized carbons (Fsp3) is 0.786. The molecule has 1 atom stereocenters. The number of nitriles is 1. The smallest absolute Gasteiger partial charge is 0.191 e. The second kappa shape index (κ2) is 5.38. The summed E-state index contributed by atoms with van der Waals surface area (Å²) in [4.78, 5) is 0. The molecule has 5 nitrogen and oxygen atoms in total. The molecule has 2 aliphatic rings. The number of nitrogens with zero attached hydrogens (tertiary/aromatic N) is 4. The minimum Gasteiger partial charge on any atom is -0.303 e. The van der Waals surface area contributed by atoms with Gasteiger partial charge in [-0.05, 0) is 39.2 Å². The Labute approximate surface area is 124 Å². The number of hydrogen-bond acceptors (Lipinski definition) is 5. The highest BCUT2D eigenvalue weighted by molar-refractivity contribution is 7.99. The molecule has 108 valence electrons. The van der Waals surface area contributed by atoms with Crippen molar-refractivity contribution < 1.29 is 0 Å². The van der Waals surface area contributed by atoms with Gasteiger partial charge in [0.05, 0.1) is 6.07 Å². The van der Waals surface area contributed by atoms with Crippen LogP contribution in [0.2, 0.25) is 0 Å². The van der Waals surface area contributed by atoms with Gasteiger partial charge in [-0.1, -0.05) is 18.7 Å². The van der Waals surface area contributed by atoms with Crippen molar-refractivity contribution in [2.45, 2.75) is 62.2 Å². The first-order valence-electron chi connectivity index (χ1n) is 7.40. The summed E-state index contributed by atoms with van der Waals surface area (Å²) < 4.78 is 2.34. The van der Waals surface area contributed by atoms with E-state index in [4.69, 9.17) is 0 Å². The standard InChI is InChI=1S/C14H21N5S/c1-3-16-14(2,8-15)9-20-13-18-17-12(10-4-5-10)19(13)11-6-7-11/h10-11,16H,3-7,9H2,1-2H3. The van der Waals surface area contributed by atoms with Crippen LogP contribution in [-0.2, 0) is 0 Å². The normalized spacial score (nSPS) is 21.4. The molecule has 0 aliphatic heterocycles. The lowest BCUT2D eigenvalue weighted by atomic mass is 10.1. The van der Waals surface area contributed by atoms with Crippen LogP contribution in [-0.4, -0.2) is 32.6 Å². The SMILES string of the molecule is CCNC(C)(C#N)CSc1nnc(C2CC2)n1C1CC1. The number of aromatic nitrogens is 3. The van der Waals surface area contributed by atoms with Crippen molar-refractivity contribution in [1.29, 1.82) is 5.26 Å². The van der Waals surface area contributed by atoms with Gasteiger partial charge in [-0.15, -0.1) is 10.2 Å². The van der Waals surface area contributed by atoms with E-state index in [0.29, 0.717) is 17.7 Å². The second-order valence-corrected chi connectivity index (χ2v) is 6.92. The van der Waals surface area contributed by atoms with Crippen molar-refractivity contribution in [2.75, 3.05) is 12.3 Å². The van der Waals surface area contributed by atoms with Gasteiger partial charge in [-0.25, -0.2) is 0 Å². The maximum atomic E-state index is 9.32. The predicted octanol–water partition coefficient (Wildman–Crippen LogP) is 2.47. The molecule has 0 spiro atoms. The third-order valence-electron chi connectivity index (χ3n) is 3.85. The van der Waals surface area contributed by atoms with Crippen molar-refractivity contribution in [3.05, 3.63) is 5.82 Å². The van der Waals surface area contributed by atoms with Crippen LogP contribution in [0.1, 0.15) is 57.3 Å². The Morgan fingerprint density at radius 1 is 1.40 bits per heavy atom. The maximum Gasteiger partial charge on any atom is 0.191 e. The molecule has 20 heavy (non-hydrogen) atoms. The molecule has 1 N–H and O–H groups in total. The zero-order valence-corrected chi connectivity index (χ0v) is 12.9. The van der Waals surface area contributed by atoms with Gasteiger partial charge in [0.2, 0.25) is 0 Å². The summed E-state index contributed by atoms with van der Waals surface area (Å²) in [5.41, 5.74) is -0.501. The molecular formula is C14H21N5S. The summed E-state index contributed by atoms with van der Waals surface area (Å²) in [5.74, 6) is 2.51. The maximum absolute atomic E-state index is 9.32. The molecule has 1 unspecified atom stereocenters. The summed E-state index contributed by atoms with van der Waals surface area (Å²) >= 11 is 1.66. The zero-order valence-electron chi connectivity index (χ0n) is 12.1. The number of nitrogens with one attached hydrogen (secondary N) is 1. The Kier molecular flexibility index (Phi) is 3.74. The van der Waals surface area contributed by atoms with Gasteiger partial charge in [-0.3, -0.25) is 5.32 Å². The van der Waals surface area contributed by atoms with Gasteiger partial charge in [0.1, 0.15) is 11.4 Å². The predicted molar refractivity (Wildman–Crippen MR) is 78.7 cm³/mol. The summed E-state index contributed by atoms with van der Waals surface area (Å²) in [7, 11) is 0. The average Bonchev–Trinajstić information content (AvgIpc) is 3.35. The molecule has 1 aromatic rings. The average molecular weight is 291 g/mol. The molecule has 0 aromatic carbocycles. The number of rotatable bonds is 7. The van der Waals surface area contributed by atoms with Crippen LogP contribution in [0.4, 0.5) is 0 Å². The fourth-order valence-corrected chi connectivity index (χ4v) is 3.47. The van der Waals surface area contributed by atoms with Crippen LogP contribution >= 0.6 is 11.8 Å². The molecule has 2 fully saturated rings. The van der Waals surface area contributed by atoms with Crippen molar-refractivity contribution in [3.8, 4) is 6.07 Å². The van der Waals surface area contributed by atoms with E-state index in [-0.39, 0.29) is 0 Å². The minimum absolute atomic E-state index is 0.501. The van der Waals surface area contributed by atoms with Gasteiger partial charge in [0, 0.05) is 17.7 Å². The Morgan fingerprint density at radius 2 is 2.15 bits per heavy atom. The van der Waals surface area contributed by atoms with Crippen molar-refractivity contribution in [1.82, 2.24) is 20.1 Å². The van der Waals surface area contributed by atoms with Crippen LogP contribution in [0.25, 0.3) is 0 Å². The quantitative estimate of drug-likeness (QED) is 0.782. The Morgan fingerprint density at radius 3 is 2.70 bits per heavy atom. The summed E-state index contributed by atoms with van der Waals surface area (Å²) in [5, 5.41) is 22.3. The van der Waals surface area contributed by atoms with E-state index in [1.165, 1.54) is 31.5 Å². The molecule has 0 amide bonds. The lowest BCUT2D eigenvalue weighted by Gasteiger charge is -2.21. The van der Waals surface area contributed by atoms with E-state index in [1.54, 1.807) is 11.8 Å². The first kappa shape index (κ1) is 13.9. The Balaban J connectivity index is 1.73. The monoisotopic (exact) mass is 291 g/mol. The molecular weight excluding hydrogens is 270 g/mol. The van der Waals surface area contributed by atoms with E-state index < -0.39 is 5.54 Å². The lowest BCUT2D eigenvalue weighted by molar-refractivity contribution is 0.510. The largest absolute Gasteiger partial charge is 0.303 e. The van der Waals surface area contributed by atoms with E-state index in [2.05, 4.69) is 26.2 Å². The molecule has 6 heteroatoms. The van der Waals surface area contributed by atoms with Crippen LogP contribution in [0.3, 0.4) is 0 Å². The van der Waals surface area contributed by atoms with Crippen LogP contribution < -0.4 is 5.32 Å². The first-order chi connectivity index (χ1) is 9.67. The van der Waals surface area contributed by atoms with Crippen LogP contribution in [0.5, 0.6) is 0 Å². The van der Waals surface area contributed by atoms with E-state index in [0.717, 1.165) is 11.7 Å². The fourth-order valence-electron chi connectivity index (χ4n) is 2.40. The van der Waals surface area contributed by atoms with E-state index in [1.807, 2.05) is 13.8 Å². The zero-order chi connectivity index (χ0) is 14.2. The van der Waals surface area contributed by atoms with Gasteiger partial charge < -0.3 is 4.57 Å². The van der Waals surface area contributed by atoms with Crippen molar-refractivity contribution in [2.24, 2.45) is 0 Å². The summed E-state index contributed by atoms with van der Waals surface area (Å²) in [6, 6.07) is 2.97. The number of thioether (sulfide) groups is 1. The first-order valence-corrected chi connectivity index (χ1v) is 8.39. The van der Waals surface area contributed by atoms with Crippen LogP contribution in [0.15, 0.2) is 5.16 Å². The van der Waals surface area contributed by atoms with Gasteiger partial charge >= 0.3 is 0 Å². The lowest BCUT2D eigenvalue weighted by Crippen LogP contribution is -2.43. The van der Waals surface area contributed by atoms with Gasteiger partial charge in [0.25, 0.3) is 0 Å². The molecule has 0 radical (unpaired) electrons. The van der Waals surface area contributed by atoms with Crippen LogP contribution in [0, 0.1) is 11.3 Å². The molecule has 1 aromatic heterocycles. The second-order valence-electron chi connectivity index (χ2n) is 5.98. The molecule has 0 bridgehead atoms. The third-order valence-corrected chi connectivity index (χ3v) is 5.11. The topological polar surface area (TPSA) is 66.5 Å². The Bertz CT molecular complexity index is 526. The highest BCUT2D eigenvalue weighted by atomic mass is 32.2. The molecule has 1 heterocycles. The van der Waals surface area contributed by atoms with E-state index in [9.17, 15) is 5.26 Å². The van der Waals surface area contributed by atoms with Crippen molar-refractivity contribution in [3.63, 3.8) is 0 Å². The highest BCUT2D eigenvalue weighted by Gasteiger charge is 2.36. The molecule has 2 aliphatic carbocycles. The summed E-state index contributed by atoms with van der Waals surface area (Å²) in [6.07, 6.45) is 4.99. The van der Waals surface area contributed by atoms with Gasteiger partial charge in [0.15, 0.2) is 5.16 Å². The number of hydrogen-bond donors (Lipinski definition) is 1. The third kappa shape index (κ3) is 2.84. The molecule has 2 saturated carbocycles. The van der Waals surface area contributed by atoms with Gasteiger partial charge in [-0.2, -0.15) is 5.26 Å². The minimum atomic E-state index is -0.501.